The monoisotopic (exact) mass is 262 g/mol. The van der Waals surface area contributed by atoms with Crippen LogP contribution in [0.5, 0.6) is 5.75 Å². The second-order valence-corrected chi connectivity index (χ2v) is 5.35. The van der Waals surface area contributed by atoms with Gasteiger partial charge in [-0.15, -0.1) is 0 Å². The highest BCUT2D eigenvalue weighted by Crippen LogP contribution is 2.17. The Labute approximate surface area is 114 Å². The molecule has 1 heterocycles. The van der Waals surface area contributed by atoms with Crippen LogP contribution in [0.2, 0.25) is 0 Å². The van der Waals surface area contributed by atoms with Crippen LogP contribution in [-0.2, 0) is 11.2 Å². The Morgan fingerprint density at radius 1 is 1.47 bits per heavy atom. The first-order chi connectivity index (χ1) is 9.15. The number of nitrogens with one attached hydrogen (secondary N) is 1. The molecule has 1 amide bonds. The number of carbonyl (C=O) groups is 1. The Bertz CT molecular complexity index is 434. The van der Waals surface area contributed by atoms with Gasteiger partial charge in [-0.3, -0.25) is 4.79 Å². The lowest BCUT2D eigenvalue weighted by Crippen LogP contribution is -2.30. The minimum atomic E-state index is 0.0674. The molecule has 1 aromatic rings. The Hall–Kier alpha value is -1.55. The predicted molar refractivity (Wildman–Crippen MR) is 75.0 cm³/mol. The second kappa shape index (κ2) is 6.57. The van der Waals surface area contributed by atoms with Crippen molar-refractivity contribution in [3.8, 4) is 5.75 Å². The summed E-state index contributed by atoms with van der Waals surface area (Å²) < 4.78 is 0. The van der Waals surface area contributed by atoms with Gasteiger partial charge in [0.25, 0.3) is 0 Å². The Morgan fingerprint density at radius 2 is 2.26 bits per heavy atom. The highest BCUT2D eigenvalue weighted by molar-refractivity contribution is 5.76. The zero-order valence-corrected chi connectivity index (χ0v) is 11.4. The number of phenols is 1. The van der Waals surface area contributed by atoms with Gasteiger partial charge in [-0.1, -0.05) is 18.2 Å². The molecule has 1 fully saturated rings. The van der Waals surface area contributed by atoms with E-state index in [1.54, 1.807) is 12.1 Å². The van der Waals surface area contributed by atoms with Gasteiger partial charge in [0, 0.05) is 19.5 Å². The van der Waals surface area contributed by atoms with E-state index in [1.165, 1.54) is 0 Å². The van der Waals surface area contributed by atoms with E-state index in [2.05, 4.69) is 17.3 Å². The van der Waals surface area contributed by atoms with Gasteiger partial charge < -0.3 is 15.3 Å². The summed E-state index contributed by atoms with van der Waals surface area (Å²) in [4.78, 5) is 14.1. The molecule has 0 aliphatic carbocycles. The molecule has 0 saturated carbocycles. The Balaban J connectivity index is 1.69. The molecular weight excluding hydrogens is 240 g/mol. The number of benzene rings is 1. The van der Waals surface area contributed by atoms with Crippen LogP contribution in [0.1, 0.15) is 18.4 Å². The minimum Gasteiger partial charge on any atom is -0.508 e. The van der Waals surface area contributed by atoms with Crippen molar-refractivity contribution in [1.29, 1.82) is 0 Å². The third-order valence-electron chi connectivity index (χ3n) is 3.69. The van der Waals surface area contributed by atoms with Crippen LogP contribution in [-0.4, -0.2) is 42.6 Å². The summed E-state index contributed by atoms with van der Waals surface area (Å²) in [6, 6.07) is 7.17. The van der Waals surface area contributed by atoms with Crippen LogP contribution < -0.4 is 5.32 Å². The molecule has 1 atom stereocenters. The van der Waals surface area contributed by atoms with E-state index in [4.69, 9.17) is 0 Å². The number of likely N-dealkylation sites (tertiary alicyclic amines) is 1. The van der Waals surface area contributed by atoms with Crippen LogP contribution in [0.25, 0.3) is 0 Å². The molecule has 4 nitrogen and oxygen atoms in total. The fraction of sp³-hybridized carbons (Fsp3) is 0.533. The second-order valence-electron chi connectivity index (χ2n) is 5.35. The van der Waals surface area contributed by atoms with E-state index < -0.39 is 0 Å². The number of aryl methyl sites for hydroxylation is 1. The van der Waals surface area contributed by atoms with E-state index in [1.807, 2.05) is 12.1 Å². The van der Waals surface area contributed by atoms with Crippen molar-refractivity contribution in [3.05, 3.63) is 29.8 Å². The molecule has 0 spiro atoms. The number of para-hydroxylation sites is 1. The lowest BCUT2D eigenvalue weighted by molar-refractivity contribution is -0.121. The molecule has 1 aliphatic heterocycles. The Morgan fingerprint density at radius 3 is 2.95 bits per heavy atom. The SMILES string of the molecule is CN1CCC(CNC(=O)CCc2ccccc2O)C1. The first-order valence-corrected chi connectivity index (χ1v) is 6.87. The van der Waals surface area contributed by atoms with Crippen LogP contribution >= 0.6 is 0 Å². The fourth-order valence-electron chi connectivity index (χ4n) is 2.51. The summed E-state index contributed by atoms with van der Waals surface area (Å²) in [5, 5.41) is 12.6. The molecule has 0 radical (unpaired) electrons. The maximum atomic E-state index is 11.8. The van der Waals surface area contributed by atoms with E-state index in [-0.39, 0.29) is 11.7 Å². The average molecular weight is 262 g/mol. The van der Waals surface area contributed by atoms with E-state index in [0.29, 0.717) is 18.8 Å². The highest BCUT2D eigenvalue weighted by atomic mass is 16.3. The maximum Gasteiger partial charge on any atom is 0.220 e. The van der Waals surface area contributed by atoms with Crippen molar-refractivity contribution in [1.82, 2.24) is 10.2 Å². The number of hydrogen-bond donors (Lipinski definition) is 2. The zero-order valence-electron chi connectivity index (χ0n) is 11.4. The zero-order chi connectivity index (χ0) is 13.7. The highest BCUT2D eigenvalue weighted by Gasteiger charge is 2.19. The van der Waals surface area contributed by atoms with Gasteiger partial charge in [0.2, 0.25) is 5.91 Å². The van der Waals surface area contributed by atoms with Gasteiger partial charge >= 0.3 is 0 Å². The summed E-state index contributed by atoms with van der Waals surface area (Å²) >= 11 is 0. The topological polar surface area (TPSA) is 52.6 Å². The van der Waals surface area contributed by atoms with Crippen LogP contribution in [0.15, 0.2) is 24.3 Å². The molecule has 4 heteroatoms. The standard InChI is InChI=1S/C15H22N2O2/c1-17-9-8-12(11-17)10-16-15(19)7-6-13-4-2-3-5-14(13)18/h2-5,12,18H,6-11H2,1H3,(H,16,19). The number of carbonyl (C=O) groups excluding carboxylic acids is 1. The number of phenolic OH excluding ortho intramolecular Hbond substituents is 1. The molecular formula is C15H22N2O2. The average Bonchev–Trinajstić information content (AvgIpc) is 2.81. The van der Waals surface area contributed by atoms with Crippen LogP contribution in [0.3, 0.4) is 0 Å². The van der Waals surface area contributed by atoms with E-state index in [0.717, 1.165) is 31.6 Å². The van der Waals surface area contributed by atoms with Gasteiger partial charge in [0.15, 0.2) is 0 Å². The quantitative estimate of drug-likeness (QED) is 0.843. The van der Waals surface area contributed by atoms with Gasteiger partial charge in [0.1, 0.15) is 5.75 Å². The number of aromatic hydroxyl groups is 1. The maximum absolute atomic E-state index is 11.8. The van der Waals surface area contributed by atoms with Crippen molar-refractivity contribution in [2.24, 2.45) is 5.92 Å². The third kappa shape index (κ3) is 4.24. The summed E-state index contributed by atoms with van der Waals surface area (Å²) in [6.45, 7) is 2.96. The van der Waals surface area contributed by atoms with Crippen molar-refractivity contribution < 1.29 is 9.90 Å². The number of amides is 1. The molecule has 0 bridgehead atoms. The molecule has 0 aromatic heterocycles. The minimum absolute atomic E-state index is 0.0674. The number of hydrogen-bond acceptors (Lipinski definition) is 3. The lowest BCUT2D eigenvalue weighted by atomic mass is 10.1. The summed E-state index contributed by atoms with van der Waals surface area (Å²) in [5.74, 6) is 0.921. The van der Waals surface area contributed by atoms with Crippen molar-refractivity contribution in [2.45, 2.75) is 19.3 Å². The normalized spacial score (nSPS) is 19.5. The van der Waals surface area contributed by atoms with Gasteiger partial charge in [-0.05, 0) is 44.0 Å². The summed E-state index contributed by atoms with van der Waals surface area (Å²) in [7, 11) is 2.11. The molecule has 1 unspecified atom stereocenters. The third-order valence-corrected chi connectivity index (χ3v) is 3.69. The van der Waals surface area contributed by atoms with Crippen molar-refractivity contribution >= 4 is 5.91 Å². The van der Waals surface area contributed by atoms with Crippen LogP contribution in [0.4, 0.5) is 0 Å². The Kier molecular flexibility index (Phi) is 4.80. The summed E-state index contributed by atoms with van der Waals surface area (Å²) in [6.07, 6.45) is 2.18. The fourth-order valence-corrected chi connectivity index (χ4v) is 2.51. The summed E-state index contributed by atoms with van der Waals surface area (Å²) in [5.41, 5.74) is 0.832. The molecule has 1 saturated heterocycles. The van der Waals surface area contributed by atoms with Gasteiger partial charge in [0.05, 0.1) is 0 Å². The van der Waals surface area contributed by atoms with Crippen molar-refractivity contribution in [2.75, 3.05) is 26.7 Å². The smallest absolute Gasteiger partial charge is 0.220 e. The molecule has 2 rings (SSSR count). The van der Waals surface area contributed by atoms with E-state index in [9.17, 15) is 9.90 Å². The lowest BCUT2D eigenvalue weighted by Gasteiger charge is -2.11. The first kappa shape index (κ1) is 13.9. The molecule has 19 heavy (non-hydrogen) atoms. The molecule has 2 N–H and O–H groups in total. The van der Waals surface area contributed by atoms with Crippen molar-refractivity contribution in [3.63, 3.8) is 0 Å². The largest absolute Gasteiger partial charge is 0.508 e. The molecule has 104 valence electrons. The molecule has 1 aromatic carbocycles. The molecule has 1 aliphatic rings. The number of nitrogens with zero attached hydrogens (tertiary/aromatic N) is 1. The van der Waals surface area contributed by atoms with Crippen LogP contribution in [0, 0.1) is 5.92 Å². The van der Waals surface area contributed by atoms with E-state index >= 15 is 0 Å². The predicted octanol–water partition coefficient (Wildman–Crippen LogP) is 1.39. The number of rotatable bonds is 5. The van der Waals surface area contributed by atoms with Gasteiger partial charge in [-0.2, -0.15) is 0 Å². The first-order valence-electron chi connectivity index (χ1n) is 6.87. The van der Waals surface area contributed by atoms with Gasteiger partial charge in [-0.25, -0.2) is 0 Å².